The molecule has 0 aliphatic heterocycles. The molecule has 6 heteroatoms. The van der Waals surface area contributed by atoms with Crippen LogP contribution in [0.1, 0.15) is 13.8 Å². The molecule has 0 unspecified atom stereocenters. The maximum atomic E-state index is 9.36. The zero-order valence-corrected chi connectivity index (χ0v) is 9.85. The molecule has 0 rings (SSSR count). The van der Waals surface area contributed by atoms with E-state index < -0.39 is 11.2 Å². The van der Waals surface area contributed by atoms with Crippen LogP contribution in [0.2, 0.25) is 0 Å². The molecule has 0 aliphatic carbocycles. The molecule has 0 bridgehead atoms. The maximum Gasteiger partial charge on any atom is 0.108 e. The van der Waals surface area contributed by atoms with Crippen molar-refractivity contribution in [2.75, 3.05) is 39.6 Å². The smallest absolute Gasteiger partial charge is 0.108 e. The number of rotatable bonds is 9. The summed E-state index contributed by atoms with van der Waals surface area (Å²) in [5.74, 6) is 0. The predicted octanol–water partition coefficient (Wildman–Crippen LogP) is -1.49. The van der Waals surface area contributed by atoms with Crippen molar-refractivity contribution in [3.8, 4) is 0 Å². The van der Waals surface area contributed by atoms with Gasteiger partial charge in [-0.3, -0.25) is 0 Å². The van der Waals surface area contributed by atoms with Crippen molar-refractivity contribution in [1.82, 2.24) is 0 Å². The highest BCUT2D eigenvalue weighted by molar-refractivity contribution is 4.70. The number of aliphatic hydroxyl groups excluding tert-OH is 2. The van der Waals surface area contributed by atoms with Crippen LogP contribution in [0, 0.1) is 0 Å². The quantitative estimate of drug-likeness (QED) is 0.365. The Morgan fingerprint density at radius 1 is 0.812 bits per heavy atom. The Hall–Kier alpha value is -0.240. The fourth-order valence-electron chi connectivity index (χ4n) is 0.793. The van der Waals surface area contributed by atoms with Gasteiger partial charge in [0.2, 0.25) is 0 Å². The van der Waals surface area contributed by atoms with Gasteiger partial charge in [0.15, 0.2) is 0 Å². The van der Waals surface area contributed by atoms with Gasteiger partial charge in [0.1, 0.15) is 11.2 Å². The third-order valence-electron chi connectivity index (χ3n) is 1.88. The first-order chi connectivity index (χ1) is 7.33. The SMILES string of the molecule is C[C@@](O)(CO)COCCOC[C@](C)(O)CO. The molecule has 0 spiro atoms. The molecule has 0 fully saturated rings. The Morgan fingerprint density at radius 2 is 1.12 bits per heavy atom. The van der Waals surface area contributed by atoms with Crippen molar-refractivity contribution in [2.24, 2.45) is 0 Å². The van der Waals surface area contributed by atoms with Gasteiger partial charge >= 0.3 is 0 Å². The summed E-state index contributed by atoms with van der Waals surface area (Å²) in [5, 5.41) is 36.1. The van der Waals surface area contributed by atoms with Gasteiger partial charge < -0.3 is 29.9 Å². The van der Waals surface area contributed by atoms with E-state index in [-0.39, 0.29) is 39.6 Å². The molecule has 0 saturated carbocycles. The monoisotopic (exact) mass is 238 g/mol. The number of ether oxygens (including phenoxy) is 2. The van der Waals surface area contributed by atoms with E-state index in [9.17, 15) is 10.2 Å². The van der Waals surface area contributed by atoms with E-state index in [1.54, 1.807) is 0 Å². The summed E-state index contributed by atoms with van der Waals surface area (Å²) in [4.78, 5) is 0. The molecule has 0 heterocycles. The molecule has 2 atom stereocenters. The molecule has 0 radical (unpaired) electrons. The van der Waals surface area contributed by atoms with E-state index in [2.05, 4.69) is 0 Å². The minimum atomic E-state index is -1.24. The standard InChI is InChI=1S/C10H22O6/c1-9(13,5-11)7-15-3-4-16-8-10(2,14)6-12/h11-14H,3-8H2,1-2H3/t9-,10-/m1/s1. The van der Waals surface area contributed by atoms with Gasteiger partial charge in [-0.2, -0.15) is 0 Å². The van der Waals surface area contributed by atoms with Crippen LogP contribution in [0.4, 0.5) is 0 Å². The van der Waals surface area contributed by atoms with E-state index in [4.69, 9.17) is 19.7 Å². The first-order valence-electron chi connectivity index (χ1n) is 5.15. The zero-order chi connectivity index (χ0) is 12.7. The van der Waals surface area contributed by atoms with Gasteiger partial charge in [-0.05, 0) is 13.8 Å². The second-order valence-electron chi connectivity index (χ2n) is 4.42. The summed E-state index contributed by atoms with van der Waals surface area (Å²) < 4.78 is 10.1. The van der Waals surface area contributed by atoms with Crippen LogP contribution in [-0.4, -0.2) is 71.3 Å². The summed E-state index contributed by atoms with van der Waals surface area (Å²) >= 11 is 0. The highest BCUT2D eigenvalue weighted by Gasteiger charge is 2.20. The lowest BCUT2D eigenvalue weighted by Crippen LogP contribution is -2.36. The Labute approximate surface area is 95.4 Å². The van der Waals surface area contributed by atoms with Crippen molar-refractivity contribution in [3.63, 3.8) is 0 Å². The molecular formula is C10H22O6. The van der Waals surface area contributed by atoms with Crippen molar-refractivity contribution in [2.45, 2.75) is 25.0 Å². The average Bonchev–Trinajstić information content (AvgIpc) is 2.23. The van der Waals surface area contributed by atoms with Gasteiger partial charge in [0, 0.05) is 0 Å². The van der Waals surface area contributed by atoms with Crippen molar-refractivity contribution >= 4 is 0 Å². The first kappa shape index (κ1) is 15.8. The summed E-state index contributed by atoms with van der Waals surface area (Å²) in [6, 6.07) is 0. The summed E-state index contributed by atoms with van der Waals surface area (Å²) in [5.41, 5.74) is -2.48. The molecule has 16 heavy (non-hydrogen) atoms. The Bertz CT molecular complexity index is 160. The number of hydrogen-bond acceptors (Lipinski definition) is 6. The Balaban J connectivity index is 3.42. The van der Waals surface area contributed by atoms with E-state index in [0.29, 0.717) is 0 Å². The molecule has 0 aromatic heterocycles. The average molecular weight is 238 g/mol. The van der Waals surface area contributed by atoms with Crippen LogP contribution in [0.5, 0.6) is 0 Å². The molecule has 98 valence electrons. The van der Waals surface area contributed by atoms with Crippen LogP contribution < -0.4 is 0 Å². The van der Waals surface area contributed by atoms with Gasteiger partial charge in [-0.1, -0.05) is 0 Å². The molecule has 6 nitrogen and oxygen atoms in total. The van der Waals surface area contributed by atoms with Crippen molar-refractivity contribution in [1.29, 1.82) is 0 Å². The van der Waals surface area contributed by atoms with Crippen LogP contribution >= 0.6 is 0 Å². The minimum absolute atomic E-state index is 0.0171. The lowest BCUT2D eigenvalue weighted by Gasteiger charge is -2.21. The summed E-state index contributed by atoms with van der Waals surface area (Å²) in [7, 11) is 0. The number of aliphatic hydroxyl groups is 4. The van der Waals surface area contributed by atoms with Crippen LogP contribution in [0.3, 0.4) is 0 Å². The predicted molar refractivity (Wildman–Crippen MR) is 57.1 cm³/mol. The third kappa shape index (κ3) is 7.98. The van der Waals surface area contributed by atoms with Gasteiger partial charge in [0.25, 0.3) is 0 Å². The minimum Gasteiger partial charge on any atom is -0.393 e. The molecular weight excluding hydrogens is 216 g/mol. The van der Waals surface area contributed by atoms with Gasteiger partial charge in [0.05, 0.1) is 39.6 Å². The van der Waals surface area contributed by atoms with Crippen LogP contribution in [0.15, 0.2) is 0 Å². The van der Waals surface area contributed by atoms with E-state index in [0.717, 1.165) is 0 Å². The lowest BCUT2D eigenvalue weighted by atomic mass is 10.1. The van der Waals surface area contributed by atoms with Crippen LogP contribution in [-0.2, 0) is 9.47 Å². The normalized spacial score (nSPS) is 19.1. The fourth-order valence-corrected chi connectivity index (χ4v) is 0.793. The first-order valence-corrected chi connectivity index (χ1v) is 5.15. The lowest BCUT2D eigenvalue weighted by molar-refractivity contribution is -0.0933. The van der Waals surface area contributed by atoms with Gasteiger partial charge in [-0.15, -0.1) is 0 Å². The molecule has 0 aromatic carbocycles. The maximum absolute atomic E-state index is 9.36. The van der Waals surface area contributed by atoms with Crippen molar-refractivity contribution < 1.29 is 29.9 Å². The molecule has 0 saturated heterocycles. The summed E-state index contributed by atoms with van der Waals surface area (Å²) in [6.07, 6.45) is 0. The Morgan fingerprint density at radius 3 is 1.38 bits per heavy atom. The second kappa shape index (κ2) is 7.16. The molecule has 4 N–H and O–H groups in total. The summed E-state index contributed by atoms with van der Waals surface area (Å²) in [6.45, 7) is 2.72. The Kier molecular flexibility index (Phi) is 7.05. The zero-order valence-electron chi connectivity index (χ0n) is 9.85. The molecule has 0 amide bonds. The largest absolute Gasteiger partial charge is 0.393 e. The van der Waals surface area contributed by atoms with Gasteiger partial charge in [-0.25, -0.2) is 0 Å². The highest BCUT2D eigenvalue weighted by Crippen LogP contribution is 2.03. The molecule has 0 aromatic rings. The second-order valence-corrected chi connectivity index (χ2v) is 4.42. The third-order valence-corrected chi connectivity index (χ3v) is 1.88. The van der Waals surface area contributed by atoms with E-state index in [1.807, 2.05) is 0 Å². The number of hydrogen-bond donors (Lipinski definition) is 4. The van der Waals surface area contributed by atoms with E-state index >= 15 is 0 Å². The topological polar surface area (TPSA) is 99.4 Å². The molecule has 0 aliphatic rings. The van der Waals surface area contributed by atoms with Crippen molar-refractivity contribution in [3.05, 3.63) is 0 Å². The van der Waals surface area contributed by atoms with Crippen LogP contribution in [0.25, 0.3) is 0 Å². The fraction of sp³-hybridized carbons (Fsp3) is 1.00. The highest BCUT2D eigenvalue weighted by atomic mass is 16.5. The van der Waals surface area contributed by atoms with E-state index in [1.165, 1.54) is 13.8 Å².